The quantitative estimate of drug-likeness (QED) is 0.403. The average molecular weight is 463 g/mol. The maximum Gasteiger partial charge on any atom is 0.216 e. The number of nitrogens with one attached hydrogen (secondary N) is 2. The lowest BCUT2D eigenvalue weighted by atomic mass is 9.94. The van der Waals surface area contributed by atoms with Crippen LogP contribution in [0, 0.1) is 6.92 Å². The van der Waals surface area contributed by atoms with Crippen molar-refractivity contribution in [2.24, 2.45) is 4.99 Å². The third kappa shape index (κ3) is 6.39. The molecule has 2 N–H and O–H groups in total. The van der Waals surface area contributed by atoms with Crippen LogP contribution in [-0.4, -0.2) is 22.5 Å². The number of aromatic nitrogens is 2. The minimum Gasteiger partial charge on any atom is -0.443 e. The summed E-state index contributed by atoms with van der Waals surface area (Å²) in [6, 6.07) is 0. The predicted molar refractivity (Wildman–Crippen MR) is 109 cm³/mol. The summed E-state index contributed by atoms with van der Waals surface area (Å²) >= 11 is 1.68. The highest BCUT2D eigenvalue weighted by Gasteiger charge is 2.19. The molecule has 0 saturated carbocycles. The average Bonchev–Trinajstić information content (AvgIpc) is 3.10. The Kier molecular flexibility index (Phi) is 8.14. The zero-order chi connectivity index (χ0) is 16.9. The minimum atomic E-state index is -0.0413. The second kappa shape index (κ2) is 9.36. The number of thiazole rings is 1. The first-order chi connectivity index (χ1) is 10.9. The number of aryl methyl sites for hydroxylation is 1. The number of nitrogens with zero attached hydrogens (tertiary/aromatic N) is 3. The normalized spacial score (nSPS) is 12.0. The van der Waals surface area contributed by atoms with Crippen LogP contribution < -0.4 is 10.6 Å². The zero-order valence-corrected chi connectivity index (χ0v) is 18.0. The van der Waals surface area contributed by atoms with E-state index in [1.165, 1.54) is 4.88 Å². The fraction of sp³-hybridized carbons (Fsp3) is 0.562. The molecule has 0 amide bonds. The summed E-state index contributed by atoms with van der Waals surface area (Å²) in [6.45, 7) is 12.2. The van der Waals surface area contributed by atoms with E-state index in [9.17, 15) is 0 Å². The van der Waals surface area contributed by atoms with Crippen molar-refractivity contribution in [2.45, 2.75) is 53.1 Å². The van der Waals surface area contributed by atoms with Crippen molar-refractivity contribution in [1.82, 2.24) is 20.6 Å². The summed E-state index contributed by atoms with van der Waals surface area (Å²) in [5.74, 6) is 2.23. The minimum absolute atomic E-state index is 0. The van der Waals surface area contributed by atoms with Gasteiger partial charge in [0.15, 0.2) is 5.96 Å². The molecule has 24 heavy (non-hydrogen) atoms. The van der Waals surface area contributed by atoms with Crippen LogP contribution in [0.3, 0.4) is 0 Å². The van der Waals surface area contributed by atoms with Crippen LogP contribution in [0.15, 0.2) is 21.8 Å². The van der Waals surface area contributed by atoms with Crippen molar-refractivity contribution >= 4 is 41.3 Å². The molecule has 8 heteroatoms. The van der Waals surface area contributed by atoms with Gasteiger partial charge in [0.1, 0.15) is 17.3 Å². The Labute approximate surface area is 164 Å². The van der Waals surface area contributed by atoms with Crippen LogP contribution >= 0.6 is 35.3 Å². The van der Waals surface area contributed by atoms with Crippen LogP contribution in [0.2, 0.25) is 0 Å². The molecule has 0 bridgehead atoms. The zero-order valence-electron chi connectivity index (χ0n) is 14.8. The van der Waals surface area contributed by atoms with Crippen LogP contribution in [0.4, 0.5) is 0 Å². The fourth-order valence-corrected chi connectivity index (χ4v) is 2.59. The lowest BCUT2D eigenvalue weighted by Gasteiger charge is -2.13. The highest BCUT2D eigenvalue weighted by atomic mass is 127. The summed E-state index contributed by atoms with van der Waals surface area (Å²) in [5, 5.41) is 7.53. The Morgan fingerprint density at radius 3 is 2.54 bits per heavy atom. The SMILES string of the molecule is CCNC(=NCc1ncc(C(C)(C)C)o1)NCc1ncc(C)s1.I. The van der Waals surface area contributed by atoms with Crippen LogP contribution in [0.1, 0.15) is 49.2 Å². The molecule has 0 aromatic carbocycles. The van der Waals surface area contributed by atoms with E-state index in [-0.39, 0.29) is 29.4 Å². The number of aliphatic imine (C=N–C) groups is 1. The standard InChI is InChI=1S/C16H25N5OS.HI/c1-6-17-15(21-10-14-19-7-11(2)23-14)20-9-13-18-8-12(22-13)16(3,4)5;/h7-8H,6,9-10H2,1-5H3,(H2,17,20,21);1H. The maximum atomic E-state index is 5.76. The molecule has 0 atom stereocenters. The maximum absolute atomic E-state index is 5.76. The smallest absolute Gasteiger partial charge is 0.216 e. The first kappa shape index (κ1) is 20.9. The third-order valence-corrected chi connectivity index (χ3v) is 4.00. The number of hydrogen-bond donors (Lipinski definition) is 2. The van der Waals surface area contributed by atoms with Crippen molar-refractivity contribution in [2.75, 3.05) is 6.54 Å². The Balaban J connectivity index is 0.00000288. The number of oxazole rings is 1. The Morgan fingerprint density at radius 2 is 2.00 bits per heavy atom. The summed E-state index contributed by atoms with van der Waals surface area (Å²) in [4.78, 5) is 14.4. The van der Waals surface area contributed by atoms with Gasteiger partial charge in [0.05, 0.1) is 12.7 Å². The van der Waals surface area contributed by atoms with Gasteiger partial charge in [-0.25, -0.2) is 15.0 Å². The molecule has 134 valence electrons. The van der Waals surface area contributed by atoms with E-state index in [0.717, 1.165) is 23.3 Å². The van der Waals surface area contributed by atoms with Gasteiger partial charge in [0.2, 0.25) is 5.89 Å². The highest BCUT2D eigenvalue weighted by Crippen LogP contribution is 2.22. The van der Waals surface area contributed by atoms with E-state index in [2.05, 4.69) is 53.3 Å². The van der Waals surface area contributed by atoms with Gasteiger partial charge < -0.3 is 15.1 Å². The Hall–Kier alpha value is -1.16. The van der Waals surface area contributed by atoms with Gasteiger partial charge in [0.25, 0.3) is 0 Å². The van der Waals surface area contributed by atoms with Crippen LogP contribution in [-0.2, 0) is 18.5 Å². The van der Waals surface area contributed by atoms with Gasteiger partial charge in [-0.3, -0.25) is 0 Å². The van der Waals surface area contributed by atoms with Crippen molar-refractivity contribution in [3.05, 3.63) is 33.9 Å². The monoisotopic (exact) mass is 463 g/mol. The van der Waals surface area contributed by atoms with Crippen molar-refractivity contribution in [3.63, 3.8) is 0 Å². The molecular formula is C16H26IN5OS. The molecule has 2 rings (SSSR count). The number of rotatable bonds is 5. The second-order valence-corrected chi connectivity index (χ2v) is 7.60. The predicted octanol–water partition coefficient (Wildman–Crippen LogP) is 3.61. The molecule has 6 nitrogen and oxygen atoms in total. The lowest BCUT2D eigenvalue weighted by molar-refractivity contribution is 0.383. The Morgan fingerprint density at radius 1 is 1.25 bits per heavy atom. The molecule has 0 saturated heterocycles. The summed E-state index contributed by atoms with van der Waals surface area (Å²) < 4.78 is 5.76. The number of guanidine groups is 1. The fourth-order valence-electron chi connectivity index (χ4n) is 1.86. The van der Waals surface area contributed by atoms with Crippen molar-refractivity contribution in [3.8, 4) is 0 Å². The summed E-state index contributed by atoms with van der Waals surface area (Å²) in [7, 11) is 0. The van der Waals surface area contributed by atoms with Gasteiger partial charge in [0, 0.05) is 23.0 Å². The largest absolute Gasteiger partial charge is 0.443 e. The first-order valence-electron chi connectivity index (χ1n) is 7.77. The van der Waals surface area contributed by atoms with Crippen molar-refractivity contribution in [1.29, 1.82) is 0 Å². The lowest BCUT2D eigenvalue weighted by Crippen LogP contribution is -2.36. The second-order valence-electron chi connectivity index (χ2n) is 6.28. The van der Waals surface area contributed by atoms with Gasteiger partial charge in [-0.15, -0.1) is 35.3 Å². The van der Waals surface area contributed by atoms with E-state index < -0.39 is 0 Å². The molecule has 0 aliphatic heterocycles. The molecule has 0 fully saturated rings. The molecule has 0 aliphatic carbocycles. The van der Waals surface area contributed by atoms with Gasteiger partial charge in [-0.2, -0.15) is 0 Å². The molecule has 0 spiro atoms. The third-order valence-electron chi connectivity index (χ3n) is 3.09. The van der Waals surface area contributed by atoms with Crippen molar-refractivity contribution < 1.29 is 4.42 Å². The molecule has 2 aromatic rings. The summed E-state index contributed by atoms with van der Waals surface area (Å²) in [5.41, 5.74) is -0.0413. The highest BCUT2D eigenvalue weighted by molar-refractivity contribution is 14.0. The molecular weight excluding hydrogens is 437 g/mol. The van der Waals surface area contributed by atoms with E-state index >= 15 is 0 Å². The number of halogens is 1. The number of hydrogen-bond acceptors (Lipinski definition) is 5. The van der Waals surface area contributed by atoms with Crippen LogP contribution in [0.25, 0.3) is 0 Å². The van der Waals surface area contributed by atoms with E-state index in [0.29, 0.717) is 19.0 Å². The van der Waals surface area contributed by atoms with E-state index in [4.69, 9.17) is 4.42 Å². The molecule has 2 aromatic heterocycles. The van der Waals surface area contributed by atoms with Gasteiger partial charge in [-0.05, 0) is 13.8 Å². The van der Waals surface area contributed by atoms with Gasteiger partial charge in [-0.1, -0.05) is 20.8 Å². The molecule has 0 radical (unpaired) electrons. The Bertz CT molecular complexity index is 659. The molecule has 0 unspecified atom stereocenters. The van der Waals surface area contributed by atoms with E-state index in [1.54, 1.807) is 17.5 Å². The van der Waals surface area contributed by atoms with E-state index in [1.807, 2.05) is 13.1 Å². The topological polar surface area (TPSA) is 75.3 Å². The molecule has 0 aliphatic rings. The first-order valence-corrected chi connectivity index (χ1v) is 8.59. The summed E-state index contributed by atoms with van der Waals surface area (Å²) in [6.07, 6.45) is 3.66. The van der Waals surface area contributed by atoms with Crippen LogP contribution in [0.5, 0.6) is 0 Å². The molecule has 2 heterocycles. The van der Waals surface area contributed by atoms with Gasteiger partial charge >= 0.3 is 0 Å².